The molecule has 0 unspecified atom stereocenters. The fourth-order valence-corrected chi connectivity index (χ4v) is 1.33. The van der Waals surface area contributed by atoms with E-state index in [1.54, 1.807) is 0 Å². The Morgan fingerprint density at radius 2 is 1.94 bits per heavy atom. The van der Waals surface area contributed by atoms with Crippen LogP contribution in [-0.2, 0) is 17.5 Å². The van der Waals surface area contributed by atoms with Crippen LogP contribution < -0.4 is 10.5 Å². The van der Waals surface area contributed by atoms with Gasteiger partial charge in [-0.2, -0.15) is 13.2 Å². The number of benzene rings is 1. The molecule has 0 amide bonds. The van der Waals surface area contributed by atoms with Crippen LogP contribution in [0.25, 0.3) is 0 Å². The number of halogens is 3. The molecule has 0 aliphatic heterocycles. The molecule has 1 aromatic rings. The van der Waals surface area contributed by atoms with Crippen molar-refractivity contribution in [2.75, 3.05) is 20.3 Å². The van der Waals surface area contributed by atoms with E-state index in [2.05, 4.69) is 0 Å². The van der Waals surface area contributed by atoms with Crippen LogP contribution in [0.1, 0.15) is 11.1 Å². The second-order valence-corrected chi connectivity index (χ2v) is 3.36. The van der Waals surface area contributed by atoms with Crippen LogP contribution >= 0.6 is 0 Å². The van der Waals surface area contributed by atoms with Gasteiger partial charge in [0.2, 0.25) is 0 Å². The predicted octanol–water partition coefficient (Wildman–Crippen LogP) is 2.19. The summed E-state index contributed by atoms with van der Waals surface area (Å²) in [5.41, 5.74) is 4.56. The maximum atomic E-state index is 12.7. The Kier molecular flexibility index (Phi) is 4.77. The van der Waals surface area contributed by atoms with E-state index in [9.17, 15) is 13.2 Å². The lowest BCUT2D eigenvalue weighted by Crippen LogP contribution is -2.13. The summed E-state index contributed by atoms with van der Waals surface area (Å²) in [5.74, 6) is 0.159. The fourth-order valence-electron chi connectivity index (χ4n) is 1.33. The lowest BCUT2D eigenvalue weighted by atomic mass is 10.1. The maximum Gasteiger partial charge on any atom is 0.416 e. The highest BCUT2D eigenvalue weighted by molar-refractivity contribution is 5.37. The molecule has 0 radical (unpaired) electrons. The van der Waals surface area contributed by atoms with Crippen molar-refractivity contribution in [1.82, 2.24) is 0 Å². The van der Waals surface area contributed by atoms with Gasteiger partial charge in [0.25, 0.3) is 0 Å². The number of methoxy groups -OCH3 is 1. The van der Waals surface area contributed by atoms with Gasteiger partial charge in [0.1, 0.15) is 12.4 Å². The molecule has 1 aromatic carbocycles. The van der Waals surface area contributed by atoms with Gasteiger partial charge in [-0.05, 0) is 17.7 Å². The third-order valence-electron chi connectivity index (χ3n) is 2.16. The number of alkyl halides is 3. The minimum Gasteiger partial charge on any atom is -0.491 e. The highest BCUT2D eigenvalue weighted by atomic mass is 19.4. The quantitative estimate of drug-likeness (QED) is 0.813. The van der Waals surface area contributed by atoms with Crippen molar-refractivity contribution in [2.45, 2.75) is 12.7 Å². The number of hydrogen-bond acceptors (Lipinski definition) is 3. The molecule has 1 rings (SSSR count). The van der Waals surface area contributed by atoms with Gasteiger partial charge in [0, 0.05) is 13.7 Å². The van der Waals surface area contributed by atoms with E-state index in [4.69, 9.17) is 15.2 Å². The number of nitrogens with two attached hydrogens (primary N) is 1. The summed E-state index contributed by atoms with van der Waals surface area (Å²) in [7, 11) is 1.49. The zero-order valence-electron chi connectivity index (χ0n) is 9.38. The molecule has 6 heteroatoms. The lowest BCUT2D eigenvalue weighted by Gasteiger charge is -2.14. The zero-order valence-corrected chi connectivity index (χ0v) is 9.38. The molecule has 17 heavy (non-hydrogen) atoms. The molecule has 0 heterocycles. The monoisotopic (exact) mass is 249 g/mol. The van der Waals surface area contributed by atoms with Crippen molar-refractivity contribution in [3.05, 3.63) is 29.3 Å². The van der Waals surface area contributed by atoms with Crippen molar-refractivity contribution in [3.63, 3.8) is 0 Å². The second kappa shape index (κ2) is 5.88. The fraction of sp³-hybridized carbons (Fsp3) is 0.455. The predicted molar refractivity (Wildman–Crippen MR) is 56.7 cm³/mol. The van der Waals surface area contributed by atoms with Crippen LogP contribution in [0.4, 0.5) is 13.2 Å². The Labute approximate surface area is 97.3 Å². The average Bonchev–Trinajstić information content (AvgIpc) is 2.28. The Balaban J connectivity index is 2.89. The average molecular weight is 249 g/mol. The Bertz CT molecular complexity index is 366. The second-order valence-electron chi connectivity index (χ2n) is 3.36. The smallest absolute Gasteiger partial charge is 0.416 e. The van der Waals surface area contributed by atoms with Crippen molar-refractivity contribution in [3.8, 4) is 5.75 Å². The number of rotatable bonds is 5. The van der Waals surface area contributed by atoms with Crippen LogP contribution in [0.2, 0.25) is 0 Å². The molecule has 96 valence electrons. The third-order valence-corrected chi connectivity index (χ3v) is 2.16. The highest BCUT2D eigenvalue weighted by Gasteiger charge is 2.33. The van der Waals surface area contributed by atoms with E-state index in [1.165, 1.54) is 19.2 Å². The Morgan fingerprint density at radius 1 is 1.24 bits per heavy atom. The van der Waals surface area contributed by atoms with E-state index < -0.39 is 11.7 Å². The minimum atomic E-state index is -4.42. The first kappa shape index (κ1) is 13.8. The molecule has 0 spiro atoms. The zero-order chi connectivity index (χ0) is 12.9. The van der Waals surface area contributed by atoms with Crippen molar-refractivity contribution in [1.29, 1.82) is 0 Å². The van der Waals surface area contributed by atoms with E-state index in [-0.39, 0.29) is 24.5 Å². The first-order valence-electron chi connectivity index (χ1n) is 5.01. The summed E-state index contributed by atoms with van der Waals surface area (Å²) in [6, 6.07) is 3.75. The van der Waals surface area contributed by atoms with Gasteiger partial charge in [-0.15, -0.1) is 0 Å². The molecule has 0 aliphatic rings. The van der Waals surface area contributed by atoms with Gasteiger partial charge >= 0.3 is 6.18 Å². The molecular formula is C11H14F3NO2. The molecule has 3 nitrogen and oxygen atoms in total. The van der Waals surface area contributed by atoms with Gasteiger partial charge in [-0.3, -0.25) is 0 Å². The SMILES string of the molecule is COCCOc1ccc(CN)c(C(F)(F)F)c1. The molecule has 0 aromatic heterocycles. The van der Waals surface area contributed by atoms with Crippen molar-refractivity contribution < 1.29 is 22.6 Å². The van der Waals surface area contributed by atoms with Crippen LogP contribution in [0, 0.1) is 0 Å². The van der Waals surface area contributed by atoms with Crippen molar-refractivity contribution in [2.24, 2.45) is 5.73 Å². The van der Waals surface area contributed by atoms with Gasteiger partial charge in [0.05, 0.1) is 12.2 Å². The molecule has 0 saturated carbocycles. The van der Waals surface area contributed by atoms with Crippen molar-refractivity contribution >= 4 is 0 Å². The summed E-state index contributed by atoms with van der Waals surface area (Å²) < 4.78 is 47.9. The van der Waals surface area contributed by atoms with Crippen LogP contribution in [0.5, 0.6) is 5.75 Å². The number of hydrogen-bond donors (Lipinski definition) is 1. The first-order valence-corrected chi connectivity index (χ1v) is 5.01. The maximum absolute atomic E-state index is 12.7. The van der Waals surface area contributed by atoms with E-state index in [0.717, 1.165) is 6.07 Å². The standard InChI is InChI=1S/C11H14F3NO2/c1-16-4-5-17-9-3-2-8(7-15)10(6-9)11(12,13)14/h2-3,6H,4-5,7,15H2,1H3. The molecule has 0 aliphatic carbocycles. The molecular weight excluding hydrogens is 235 g/mol. The summed E-state index contributed by atoms with van der Waals surface area (Å²) in [6.45, 7) is 0.364. The van der Waals surface area contributed by atoms with Gasteiger partial charge < -0.3 is 15.2 Å². The van der Waals surface area contributed by atoms with Gasteiger partial charge in [0.15, 0.2) is 0 Å². The normalized spacial score (nSPS) is 11.6. The van der Waals surface area contributed by atoms with Gasteiger partial charge in [-0.25, -0.2) is 0 Å². The topological polar surface area (TPSA) is 44.5 Å². The van der Waals surface area contributed by atoms with E-state index in [1.807, 2.05) is 0 Å². The summed E-state index contributed by atoms with van der Waals surface area (Å²) >= 11 is 0. The largest absolute Gasteiger partial charge is 0.491 e. The van der Waals surface area contributed by atoms with Crippen LogP contribution in [0.15, 0.2) is 18.2 Å². The van der Waals surface area contributed by atoms with E-state index >= 15 is 0 Å². The Morgan fingerprint density at radius 3 is 2.47 bits per heavy atom. The van der Waals surface area contributed by atoms with Crippen LogP contribution in [0.3, 0.4) is 0 Å². The number of ether oxygens (including phenoxy) is 2. The van der Waals surface area contributed by atoms with E-state index in [0.29, 0.717) is 6.61 Å². The molecule has 0 fully saturated rings. The lowest BCUT2D eigenvalue weighted by molar-refractivity contribution is -0.138. The minimum absolute atomic E-state index is 0.0524. The highest BCUT2D eigenvalue weighted by Crippen LogP contribution is 2.34. The third kappa shape index (κ3) is 3.90. The first-order chi connectivity index (χ1) is 7.99. The molecule has 0 bridgehead atoms. The summed E-state index contributed by atoms with van der Waals surface area (Å²) in [6.07, 6.45) is -4.42. The Hall–Kier alpha value is -1.27. The molecule has 2 N–H and O–H groups in total. The molecule has 0 saturated heterocycles. The van der Waals surface area contributed by atoms with Crippen LogP contribution in [-0.4, -0.2) is 20.3 Å². The van der Waals surface area contributed by atoms with Gasteiger partial charge in [-0.1, -0.05) is 6.07 Å². The summed E-state index contributed by atoms with van der Waals surface area (Å²) in [4.78, 5) is 0. The summed E-state index contributed by atoms with van der Waals surface area (Å²) in [5, 5.41) is 0. The molecule has 0 atom stereocenters.